The number of hydrogen-bond acceptors (Lipinski definition) is 2. The number of nitrogens with two attached hydrogens (primary N) is 2. The second-order valence-electron chi connectivity index (χ2n) is 2.11. The van der Waals surface area contributed by atoms with Gasteiger partial charge in [0.2, 0.25) is 5.96 Å². The van der Waals surface area contributed by atoms with E-state index >= 15 is 0 Å². The van der Waals surface area contributed by atoms with E-state index in [1.54, 1.807) is 0 Å². The topological polar surface area (TPSA) is 76.8 Å². The molecular formula is C6H14N4. The lowest BCUT2D eigenvalue weighted by Gasteiger charge is -1.91. The zero-order valence-corrected chi connectivity index (χ0v) is 6.46. The Morgan fingerprint density at radius 1 is 1.30 bits per heavy atom. The number of hydrogen-bond donors (Lipinski definition) is 2. The van der Waals surface area contributed by atoms with Crippen molar-refractivity contribution >= 4 is 11.7 Å². The summed E-state index contributed by atoms with van der Waals surface area (Å²) in [5.74, 6) is 0.00968. The van der Waals surface area contributed by atoms with Crippen LogP contribution in [0.25, 0.3) is 0 Å². The molecule has 0 atom stereocenters. The maximum Gasteiger partial charge on any atom is 0.211 e. The molecule has 0 rings (SSSR count). The molecule has 4 heteroatoms. The lowest BCUT2D eigenvalue weighted by molar-refractivity contribution is 0.976. The van der Waals surface area contributed by atoms with E-state index in [0.717, 1.165) is 18.6 Å². The fourth-order valence-corrected chi connectivity index (χ4v) is 0.555. The number of guanidine groups is 1. The van der Waals surface area contributed by atoms with Crippen LogP contribution in [0, 0.1) is 0 Å². The van der Waals surface area contributed by atoms with Gasteiger partial charge in [-0.3, -0.25) is 0 Å². The first-order chi connectivity index (χ1) is 4.66. The average Bonchev–Trinajstić information content (AvgIpc) is 1.85. The maximum atomic E-state index is 5.06. The molecule has 0 aromatic rings. The molecule has 0 saturated carbocycles. The largest absolute Gasteiger partial charge is 0.369 e. The molecule has 0 aromatic carbocycles. The number of nitrogens with zero attached hydrogens (tertiary/aromatic N) is 2. The second-order valence-corrected chi connectivity index (χ2v) is 2.11. The van der Waals surface area contributed by atoms with Gasteiger partial charge in [0.1, 0.15) is 0 Å². The van der Waals surface area contributed by atoms with Gasteiger partial charge in [-0.2, -0.15) is 5.10 Å². The molecule has 4 nitrogen and oxygen atoms in total. The minimum atomic E-state index is 0.00968. The van der Waals surface area contributed by atoms with E-state index in [-0.39, 0.29) is 5.96 Å². The second kappa shape index (κ2) is 4.78. The predicted octanol–water partition coefficient (Wildman–Crippen LogP) is 0.436. The molecular weight excluding hydrogens is 128 g/mol. The fourth-order valence-electron chi connectivity index (χ4n) is 0.555. The van der Waals surface area contributed by atoms with E-state index < -0.39 is 0 Å². The quantitative estimate of drug-likeness (QED) is 0.340. The van der Waals surface area contributed by atoms with Gasteiger partial charge in [-0.25, -0.2) is 0 Å². The lowest BCUT2D eigenvalue weighted by atomic mass is 10.2. The van der Waals surface area contributed by atoms with E-state index in [9.17, 15) is 0 Å². The van der Waals surface area contributed by atoms with E-state index in [1.807, 2.05) is 6.92 Å². The molecule has 0 aliphatic rings. The SMILES string of the molecule is CCC/C(C)=N/N=C(N)N. The van der Waals surface area contributed by atoms with Gasteiger partial charge in [-0.05, 0) is 13.3 Å². The molecule has 0 aromatic heterocycles. The molecule has 0 fully saturated rings. The Morgan fingerprint density at radius 3 is 2.30 bits per heavy atom. The van der Waals surface area contributed by atoms with Crippen molar-refractivity contribution in [3.63, 3.8) is 0 Å². The molecule has 0 aliphatic heterocycles. The van der Waals surface area contributed by atoms with Crippen molar-refractivity contribution in [3.05, 3.63) is 0 Å². The summed E-state index contributed by atoms with van der Waals surface area (Å²) in [5.41, 5.74) is 11.1. The normalized spacial score (nSPS) is 11.2. The standard InChI is InChI=1S/C6H14N4/c1-3-4-5(2)9-10-6(7)8/h3-4H2,1-2H3,(H4,7,8,10)/b9-5+. The van der Waals surface area contributed by atoms with Crippen molar-refractivity contribution in [3.8, 4) is 0 Å². The lowest BCUT2D eigenvalue weighted by Crippen LogP contribution is -2.22. The number of rotatable bonds is 3. The van der Waals surface area contributed by atoms with E-state index in [2.05, 4.69) is 17.1 Å². The smallest absolute Gasteiger partial charge is 0.211 e. The van der Waals surface area contributed by atoms with Crippen LogP contribution >= 0.6 is 0 Å². The fraction of sp³-hybridized carbons (Fsp3) is 0.667. The summed E-state index contributed by atoms with van der Waals surface area (Å²) in [7, 11) is 0. The summed E-state index contributed by atoms with van der Waals surface area (Å²) in [4.78, 5) is 0. The molecule has 58 valence electrons. The highest BCUT2D eigenvalue weighted by Crippen LogP contribution is 1.90. The van der Waals surface area contributed by atoms with Crippen LogP contribution in [-0.2, 0) is 0 Å². The molecule has 0 amide bonds. The molecule has 0 radical (unpaired) electrons. The Hall–Kier alpha value is -1.06. The molecule has 0 unspecified atom stereocenters. The average molecular weight is 142 g/mol. The van der Waals surface area contributed by atoms with Crippen LogP contribution in [-0.4, -0.2) is 11.7 Å². The van der Waals surface area contributed by atoms with Gasteiger partial charge in [0.05, 0.1) is 0 Å². The molecule has 0 heterocycles. The summed E-state index contributed by atoms with van der Waals surface area (Å²) in [6.45, 7) is 3.98. The van der Waals surface area contributed by atoms with Crippen LogP contribution in [0.3, 0.4) is 0 Å². The first kappa shape index (κ1) is 8.94. The van der Waals surface area contributed by atoms with Crippen LogP contribution in [0.1, 0.15) is 26.7 Å². The molecule has 0 aliphatic carbocycles. The van der Waals surface area contributed by atoms with Crippen molar-refractivity contribution < 1.29 is 0 Å². The van der Waals surface area contributed by atoms with Gasteiger partial charge in [0.15, 0.2) is 0 Å². The Morgan fingerprint density at radius 2 is 1.90 bits per heavy atom. The molecule has 0 bridgehead atoms. The molecule has 4 N–H and O–H groups in total. The monoisotopic (exact) mass is 142 g/mol. The first-order valence-electron chi connectivity index (χ1n) is 3.29. The Kier molecular flexibility index (Phi) is 4.28. The summed E-state index contributed by atoms with van der Waals surface area (Å²) >= 11 is 0. The molecule has 0 spiro atoms. The van der Waals surface area contributed by atoms with Crippen molar-refractivity contribution in [2.45, 2.75) is 26.7 Å². The van der Waals surface area contributed by atoms with E-state index in [0.29, 0.717) is 0 Å². The van der Waals surface area contributed by atoms with Crippen LogP contribution in [0.5, 0.6) is 0 Å². The maximum absolute atomic E-state index is 5.06. The van der Waals surface area contributed by atoms with Crippen molar-refractivity contribution in [1.29, 1.82) is 0 Å². The predicted molar refractivity (Wildman–Crippen MR) is 43.8 cm³/mol. The Labute approximate surface area is 61.0 Å². The van der Waals surface area contributed by atoms with Gasteiger partial charge in [-0.15, -0.1) is 5.10 Å². The third-order valence-electron chi connectivity index (χ3n) is 0.948. The Balaban J connectivity index is 3.79. The minimum Gasteiger partial charge on any atom is -0.369 e. The summed E-state index contributed by atoms with van der Waals surface area (Å²) < 4.78 is 0. The van der Waals surface area contributed by atoms with Gasteiger partial charge < -0.3 is 11.5 Å². The highest BCUT2D eigenvalue weighted by atomic mass is 15.3. The molecule has 10 heavy (non-hydrogen) atoms. The van der Waals surface area contributed by atoms with Crippen LogP contribution in [0.4, 0.5) is 0 Å². The summed E-state index contributed by atoms with van der Waals surface area (Å²) in [6.07, 6.45) is 2.01. The highest BCUT2D eigenvalue weighted by molar-refractivity contribution is 5.83. The van der Waals surface area contributed by atoms with E-state index in [4.69, 9.17) is 11.5 Å². The van der Waals surface area contributed by atoms with Gasteiger partial charge in [-0.1, -0.05) is 13.3 Å². The van der Waals surface area contributed by atoms with Gasteiger partial charge in [0.25, 0.3) is 0 Å². The van der Waals surface area contributed by atoms with Gasteiger partial charge >= 0.3 is 0 Å². The first-order valence-corrected chi connectivity index (χ1v) is 3.29. The Bertz CT molecular complexity index is 144. The van der Waals surface area contributed by atoms with Gasteiger partial charge in [0, 0.05) is 5.71 Å². The zero-order chi connectivity index (χ0) is 7.98. The third kappa shape index (κ3) is 5.08. The minimum absolute atomic E-state index is 0.00968. The van der Waals surface area contributed by atoms with Crippen LogP contribution in [0.15, 0.2) is 10.2 Å². The van der Waals surface area contributed by atoms with Crippen molar-refractivity contribution in [2.24, 2.45) is 21.7 Å². The van der Waals surface area contributed by atoms with Crippen molar-refractivity contribution in [1.82, 2.24) is 0 Å². The summed E-state index contributed by atoms with van der Waals surface area (Å²) in [5, 5.41) is 7.27. The van der Waals surface area contributed by atoms with E-state index in [1.165, 1.54) is 0 Å². The third-order valence-corrected chi connectivity index (χ3v) is 0.948. The van der Waals surface area contributed by atoms with Crippen molar-refractivity contribution in [2.75, 3.05) is 0 Å². The summed E-state index contributed by atoms with van der Waals surface area (Å²) in [6, 6.07) is 0. The molecule has 0 saturated heterocycles. The zero-order valence-electron chi connectivity index (χ0n) is 6.46. The van der Waals surface area contributed by atoms with Crippen LogP contribution < -0.4 is 11.5 Å². The highest BCUT2D eigenvalue weighted by Gasteiger charge is 1.86. The van der Waals surface area contributed by atoms with Crippen LogP contribution in [0.2, 0.25) is 0 Å².